The zero-order valence-electron chi connectivity index (χ0n) is 10.4. The molecule has 0 aliphatic heterocycles. The van der Waals surface area contributed by atoms with Crippen LogP contribution in [0.15, 0.2) is 17.2 Å². The predicted molar refractivity (Wildman–Crippen MR) is 70.0 cm³/mol. The van der Waals surface area contributed by atoms with Crippen LogP contribution in [0.1, 0.15) is 27.7 Å². The van der Waals surface area contributed by atoms with Gasteiger partial charge in [-0.15, -0.1) is 11.8 Å². The van der Waals surface area contributed by atoms with Crippen molar-refractivity contribution in [3.05, 3.63) is 12.1 Å². The monoisotopic (exact) mass is 240 g/mol. The number of anilines is 1. The van der Waals surface area contributed by atoms with Gasteiger partial charge < -0.3 is 10.5 Å². The number of hydrogen-bond acceptors (Lipinski definition) is 4. The molecule has 2 N–H and O–H groups in total. The molecule has 0 aliphatic rings. The average molecular weight is 240 g/mol. The molecule has 1 atom stereocenters. The van der Waals surface area contributed by atoms with Gasteiger partial charge in [0.05, 0.1) is 12.3 Å². The Hall–Kier alpha value is -0.900. The van der Waals surface area contributed by atoms with Crippen molar-refractivity contribution in [1.82, 2.24) is 4.98 Å². The molecule has 4 heteroatoms. The van der Waals surface area contributed by atoms with Crippen LogP contribution >= 0.6 is 11.8 Å². The highest BCUT2D eigenvalue weighted by atomic mass is 32.2. The average Bonchev–Trinajstić information content (AvgIpc) is 2.23. The van der Waals surface area contributed by atoms with Crippen LogP contribution in [0, 0.1) is 5.92 Å². The smallest absolute Gasteiger partial charge is 0.238 e. The standard InChI is InChI=1S/C12H20N2OS/c1-5-15-12-10(13)6-7-11(14-12)16-9(4)8(2)3/h6-9H,5,13H2,1-4H3. The minimum absolute atomic E-state index is 0.533. The van der Waals surface area contributed by atoms with Crippen LogP contribution in [0.2, 0.25) is 0 Å². The van der Waals surface area contributed by atoms with E-state index in [4.69, 9.17) is 10.5 Å². The SMILES string of the molecule is CCOc1nc(SC(C)C(C)C)ccc1N. The summed E-state index contributed by atoms with van der Waals surface area (Å²) in [6.45, 7) is 9.13. The van der Waals surface area contributed by atoms with Crippen LogP contribution in [-0.2, 0) is 0 Å². The normalized spacial score (nSPS) is 12.8. The molecule has 0 amide bonds. The van der Waals surface area contributed by atoms with E-state index in [-0.39, 0.29) is 0 Å². The Balaban J connectivity index is 2.78. The Kier molecular flexibility index (Phi) is 4.93. The van der Waals surface area contributed by atoms with E-state index in [9.17, 15) is 0 Å². The van der Waals surface area contributed by atoms with E-state index >= 15 is 0 Å². The molecule has 3 nitrogen and oxygen atoms in total. The Morgan fingerprint density at radius 2 is 2.06 bits per heavy atom. The minimum Gasteiger partial charge on any atom is -0.476 e. The highest BCUT2D eigenvalue weighted by Crippen LogP contribution is 2.29. The van der Waals surface area contributed by atoms with Crippen LogP contribution in [0.3, 0.4) is 0 Å². The van der Waals surface area contributed by atoms with Crippen LogP contribution in [-0.4, -0.2) is 16.8 Å². The van der Waals surface area contributed by atoms with Crippen LogP contribution in [0.5, 0.6) is 5.88 Å². The van der Waals surface area contributed by atoms with Crippen molar-refractivity contribution < 1.29 is 4.74 Å². The van der Waals surface area contributed by atoms with E-state index in [1.807, 2.05) is 19.1 Å². The first-order chi connectivity index (χ1) is 7.54. The maximum Gasteiger partial charge on any atom is 0.238 e. The van der Waals surface area contributed by atoms with Crippen LogP contribution in [0.4, 0.5) is 5.69 Å². The quantitative estimate of drug-likeness (QED) is 0.803. The zero-order valence-corrected chi connectivity index (χ0v) is 11.2. The van der Waals surface area contributed by atoms with Crippen molar-refractivity contribution in [1.29, 1.82) is 0 Å². The van der Waals surface area contributed by atoms with Gasteiger partial charge in [-0.2, -0.15) is 0 Å². The maximum absolute atomic E-state index is 5.77. The van der Waals surface area contributed by atoms with E-state index in [0.717, 1.165) is 5.03 Å². The third-order valence-electron chi connectivity index (χ3n) is 2.39. The molecule has 0 bridgehead atoms. The summed E-state index contributed by atoms with van der Waals surface area (Å²) < 4.78 is 5.37. The lowest BCUT2D eigenvalue weighted by Crippen LogP contribution is -2.06. The van der Waals surface area contributed by atoms with Crippen molar-refractivity contribution >= 4 is 17.4 Å². The molecule has 1 rings (SSSR count). The Morgan fingerprint density at radius 1 is 1.38 bits per heavy atom. The molecule has 16 heavy (non-hydrogen) atoms. The number of aromatic nitrogens is 1. The van der Waals surface area contributed by atoms with Gasteiger partial charge in [-0.1, -0.05) is 20.8 Å². The molecule has 0 saturated carbocycles. The molecule has 0 fully saturated rings. The lowest BCUT2D eigenvalue weighted by molar-refractivity contribution is 0.326. The van der Waals surface area contributed by atoms with Gasteiger partial charge in [-0.3, -0.25) is 0 Å². The lowest BCUT2D eigenvalue weighted by Gasteiger charge is -2.15. The molecule has 0 aromatic carbocycles. The molecule has 1 aromatic heterocycles. The Morgan fingerprint density at radius 3 is 2.62 bits per heavy atom. The van der Waals surface area contributed by atoms with Crippen molar-refractivity contribution in [3.63, 3.8) is 0 Å². The van der Waals surface area contributed by atoms with E-state index in [1.165, 1.54) is 0 Å². The summed E-state index contributed by atoms with van der Waals surface area (Å²) in [5.41, 5.74) is 6.37. The maximum atomic E-state index is 5.77. The van der Waals surface area contributed by atoms with E-state index in [1.54, 1.807) is 11.8 Å². The Labute approximate surface area is 102 Å². The highest BCUT2D eigenvalue weighted by Gasteiger charge is 2.11. The molecule has 1 heterocycles. The summed E-state index contributed by atoms with van der Waals surface area (Å²) in [5, 5.41) is 1.50. The van der Waals surface area contributed by atoms with Gasteiger partial charge in [0.2, 0.25) is 5.88 Å². The van der Waals surface area contributed by atoms with Crippen molar-refractivity contribution in [2.45, 2.75) is 38.0 Å². The summed E-state index contributed by atoms with van der Waals surface area (Å²) in [6, 6.07) is 3.80. The third kappa shape index (κ3) is 3.59. The topological polar surface area (TPSA) is 48.1 Å². The molecule has 0 saturated heterocycles. The molecule has 90 valence electrons. The third-order valence-corrected chi connectivity index (χ3v) is 3.78. The predicted octanol–water partition coefficient (Wildman–Crippen LogP) is 3.20. The van der Waals surface area contributed by atoms with Gasteiger partial charge in [0.25, 0.3) is 0 Å². The van der Waals surface area contributed by atoms with Crippen molar-refractivity contribution in [2.75, 3.05) is 12.3 Å². The fourth-order valence-electron chi connectivity index (χ4n) is 1.08. The number of nitrogens with two attached hydrogens (primary N) is 1. The first-order valence-corrected chi connectivity index (χ1v) is 6.48. The van der Waals surface area contributed by atoms with E-state index in [0.29, 0.717) is 29.3 Å². The van der Waals surface area contributed by atoms with Crippen molar-refractivity contribution in [3.8, 4) is 5.88 Å². The molecule has 0 spiro atoms. The minimum atomic E-state index is 0.533. The molecule has 0 radical (unpaired) electrons. The first-order valence-electron chi connectivity index (χ1n) is 5.60. The number of pyridine rings is 1. The van der Waals surface area contributed by atoms with E-state index in [2.05, 4.69) is 25.8 Å². The van der Waals surface area contributed by atoms with Crippen LogP contribution in [0.25, 0.3) is 0 Å². The van der Waals surface area contributed by atoms with Gasteiger partial charge in [0, 0.05) is 5.25 Å². The second kappa shape index (κ2) is 5.99. The number of rotatable bonds is 5. The number of nitrogen functional groups attached to an aromatic ring is 1. The Bertz CT molecular complexity index is 342. The summed E-state index contributed by atoms with van der Waals surface area (Å²) in [7, 11) is 0. The molecule has 0 aliphatic carbocycles. The van der Waals surface area contributed by atoms with Crippen LogP contribution < -0.4 is 10.5 Å². The van der Waals surface area contributed by atoms with Gasteiger partial charge in [-0.25, -0.2) is 4.98 Å². The second-order valence-corrected chi connectivity index (χ2v) is 5.44. The van der Waals surface area contributed by atoms with Crippen molar-refractivity contribution in [2.24, 2.45) is 5.92 Å². The summed E-state index contributed by atoms with van der Waals surface area (Å²) in [6.07, 6.45) is 0. The highest BCUT2D eigenvalue weighted by molar-refractivity contribution is 7.99. The van der Waals surface area contributed by atoms with Gasteiger partial charge in [0.15, 0.2) is 0 Å². The lowest BCUT2D eigenvalue weighted by atomic mass is 10.2. The fraction of sp³-hybridized carbons (Fsp3) is 0.583. The second-order valence-electron chi connectivity index (χ2n) is 4.04. The van der Waals surface area contributed by atoms with E-state index < -0.39 is 0 Å². The summed E-state index contributed by atoms with van der Waals surface area (Å²) in [4.78, 5) is 4.40. The largest absolute Gasteiger partial charge is 0.476 e. The zero-order chi connectivity index (χ0) is 12.1. The van der Waals surface area contributed by atoms with Gasteiger partial charge in [-0.05, 0) is 25.0 Å². The number of ether oxygens (including phenoxy) is 1. The molecule has 1 aromatic rings. The summed E-state index contributed by atoms with van der Waals surface area (Å²) in [5.74, 6) is 1.17. The fourth-order valence-corrected chi connectivity index (χ4v) is 2.01. The molecular weight excluding hydrogens is 220 g/mol. The molecular formula is C12H20N2OS. The summed E-state index contributed by atoms with van der Waals surface area (Å²) >= 11 is 1.75. The molecule has 1 unspecified atom stereocenters. The van der Waals surface area contributed by atoms with Gasteiger partial charge in [0.1, 0.15) is 5.03 Å². The number of thioether (sulfide) groups is 1. The number of nitrogens with zero attached hydrogens (tertiary/aromatic N) is 1. The first kappa shape index (κ1) is 13.2. The number of hydrogen-bond donors (Lipinski definition) is 1. The van der Waals surface area contributed by atoms with Gasteiger partial charge >= 0.3 is 0 Å².